The summed E-state index contributed by atoms with van der Waals surface area (Å²) >= 11 is 5.69. The molecule has 2 aromatic carbocycles. The number of ether oxygens (including phenoxy) is 1. The van der Waals surface area contributed by atoms with Crippen LogP contribution in [0, 0.1) is 5.82 Å². The van der Waals surface area contributed by atoms with E-state index in [1.165, 1.54) is 29.3 Å². The molecule has 1 aliphatic rings. The zero-order chi connectivity index (χ0) is 16.2. The summed E-state index contributed by atoms with van der Waals surface area (Å²) in [5.41, 5.74) is 2.47. The lowest BCUT2D eigenvalue weighted by atomic mass is 9.88. The minimum atomic E-state index is -0.512. The summed E-state index contributed by atoms with van der Waals surface area (Å²) in [5, 5.41) is 2.98. The third kappa shape index (κ3) is 3.82. The van der Waals surface area contributed by atoms with Gasteiger partial charge in [0.05, 0.1) is 11.1 Å². The summed E-state index contributed by atoms with van der Waals surface area (Å²) in [7, 11) is 0. The number of hydrogen-bond donors (Lipinski definition) is 1. The van der Waals surface area contributed by atoms with Crippen molar-refractivity contribution in [1.29, 1.82) is 0 Å². The topological polar surface area (TPSA) is 38.3 Å². The van der Waals surface area contributed by atoms with Crippen LogP contribution in [0.1, 0.15) is 30.0 Å². The Labute approximate surface area is 139 Å². The molecular formula is C18H17ClFNO2. The number of carbonyl (C=O) groups excluding carboxylic acids is 1. The maximum atomic E-state index is 13.1. The van der Waals surface area contributed by atoms with Crippen LogP contribution >= 0.6 is 11.6 Å². The highest BCUT2D eigenvalue weighted by atomic mass is 35.5. The molecule has 0 aliphatic heterocycles. The number of fused-ring (bicyclic) bond motifs is 1. The lowest BCUT2D eigenvalue weighted by Crippen LogP contribution is -2.34. The Morgan fingerprint density at radius 3 is 2.96 bits per heavy atom. The van der Waals surface area contributed by atoms with Gasteiger partial charge in [-0.15, -0.1) is 0 Å². The minimum Gasteiger partial charge on any atom is -0.484 e. The molecule has 0 heterocycles. The second-order valence-corrected chi connectivity index (χ2v) is 5.98. The van der Waals surface area contributed by atoms with E-state index in [-0.39, 0.29) is 23.6 Å². The van der Waals surface area contributed by atoms with E-state index in [4.69, 9.17) is 16.3 Å². The van der Waals surface area contributed by atoms with Crippen molar-refractivity contribution in [1.82, 2.24) is 5.32 Å². The van der Waals surface area contributed by atoms with Crippen LogP contribution in [0.3, 0.4) is 0 Å². The molecule has 1 unspecified atom stereocenters. The molecule has 120 valence electrons. The standard InChI is InChI=1S/C18H17ClFNO2/c19-15-10-13(8-9-16(15)20)23-11-18(22)21-17-7-3-5-12-4-1-2-6-14(12)17/h1-2,4,6,8-10,17H,3,5,7,11H2,(H,21,22). The van der Waals surface area contributed by atoms with Crippen LogP contribution in [0.25, 0.3) is 0 Å². The Kier molecular flexibility index (Phi) is 4.82. The second kappa shape index (κ2) is 7.01. The molecule has 1 aliphatic carbocycles. The predicted octanol–water partition coefficient (Wildman–Crippen LogP) is 4.05. The van der Waals surface area contributed by atoms with E-state index in [1.807, 2.05) is 12.1 Å². The molecule has 1 atom stereocenters. The summed E-state index contributed by atoms with van der Waals surface area (Å²) in [6.07, 6.45) is 3.02. The van der Waals surface area contributed by atoms with E-state index in [9.17, 15) is 9.18 Å². The Hall–Kier alpha value is -2.07. The highest BCUT2D eigenvalue weighted by Gasteiger charge is 2.21. The van der Waals surface area contributed by atoms with Crippen molar-refractivity contribution in [2.75, 3.05) is 6.61 Å². The SMILES string of the molecule is O=C(COc1ccc(F)c(Cl)c1)NC1CCCc2ccccc21. The van der Waals surface area contributed by atoms with Crippen LogP contribution in [0.5, 0.6) is 5.75 Å². The smallest absolute Gasteiger partial charge is 0.258 e. The Bertz CT molecular complexity index is 720. The average molecular weight is 334 g/mol. The van der Waals surface area contributed by atoms with Crippen LogP contribution in [-0.4, -0.2) is 12.5 Å². The summed E-state index contributed by atoms with van der Waals surface area (Å²) < 4.78 is 18.5. The van der Waals surface area contributed by atoms with E-state index in [0.717, 1.165) is 19.3 Å². The minimum absolute atomic E-state index is 0.0212. The molecule has 1 N–H and O–H groups in total. The van der Waals surface area contributed by atoms with Gasteiger partial charge in [0.15, 0.2) is 6.61 Å². The molecule has 0 radical (unpaired) electrons. The van der Waals surface area contributed by atoms with Gasteiger partial charge in [0.1, 0.15) is 11.6 Å². The van der Waals surface area contributed by atoms with Crippen LogP contribution < -0.4 is 10.1 Å². The van der Waals surface area contributed by atoms with Crippen LogP contribution in [0.15, 0.2) is 42.5 Å². The average Bonchev–Trinajstić information content (AvgIpc) is 2.56. The van der Waals surface area contributed by atoms with Gasteiger partial charge in [-0.05, 0) is 42.5 Å². The summed E-state index contributed by atoms with van der Waals surface area (Å²) in [6, 6.07) is 12.2. The second-order valence-electron chi connectivity index (χ2n) is 5.58. The van der Waals surface area contributed by atoms with Crippen molar-refractivity contribution in [2.24, 2.45) is 0 Å². The Balaban J connectivity index is 1.59. The number of nitrogens with one attached hydrogen (secondary N) is 1. The maximum Gasteiger partial charge on any atom is 0.258 e. The van der Waals surface area contributed by atoms with Gasteiger partial charge in [0, 0.05) is 6.07 Å². The number of amides is 1. The monoisotopic (exact) mass is 333 g/mol. The van der Waals surface area contributed by atoms with E-state index < -0.39 is 5.82 Å². The molecule has 0 saturated heterocycles. The van der Waals surface area contributed by atoms with Gasteiger partial charge >= 0.3 is 0 Å². The maximum absolute atomic E-state index is 13.1. The largest absolute Gasteiger partial charge is 0.484 e. The van der Waals surface area contributed by atoms with Gasteiger partial charge < -0.3 is 10.1 Å². The first-order valence-corrected chi connectivity index (χ1v) is 7.96. The highest BCUT2D eigenvalue weighted by molar-refractivity contribution is 6.30. The number of aryl methyl sites for hydroxylation is 1. The first-order valence-electron chi connectivity index (χ1n) is 7.58. The summed E-state index contributed by atoms with van der Waals surface area (Å²) in [5.74, 6) is -0.343. The Morgan fingerprint density at radius 1 is 1.30 bits per heavy atom. The summed E-state index contributed by atoms with van der Waals surface area (Å²) in [6.45, 7) is -0.124. The molecule has 3 nitrogen and oxygen atoms in total. The van der Waals surface area contributed by atoms with Crippen molar-refractivity contribution < 1.29 is 13.9 Å². The molecule has 1 amide bonds. The fourth-order valence-corrected chi connectivity index (χ4v) is 3.03. The van der Waals surface area contributed by atoms with Gasteiger partial charge in [0.2, 0.25) is 0 Å². The van der Waals surface area contributed by atoms with Crippen molar-refractivity contribution in [3.05, 3.63) is 64.4 Å². The highest BCUT2D eigenvalue weighted by Crippen LogP contribution is 2.29. The molecule has 5 heteroatoms. The van der Waals surface area contributed by atoms with Crippen LogP contribution in [0.4, 0.5) is 4.39 Å². The fraction of sp³-hybridized carbons (Fsp3) is 0.278. The van der Waals surface area contributed by atoms with Crippen molar-refractivity contribution in [3.63, 3.8) is 0 Å². The van der Waals surface area contributed by atoms with Gasteiger partial charge in [-0.25, -0.2) is 4.39 Å². The molecule has 0 bridgehead atoms. The van der Waals surface area contributed by atoms with Crippen molar-refractivity contribution in [3.8, 4) is 5.75 Å². The Morgan fingerprint density at radius 2 is 2.13 bits per heavy atom. The van der Waals surface area contributed by atoms with E-state index >= 15 is 0 Å². The first kappa shape index (κ1) is 15.8. The van der Waals surface area contributed by atoms with Gasteiger partial charge in [-0.1, -0.05) is 35.9 Å². The molecule has 2 aromatic rings. The zero-order valence-electron chi connectivity index (χ0n) is 12.5. The summed E-state index contributed by atoms with van der Waals surface area (Å²) in [4.78, 5) is 12.1. The fourth-order valence-electron chi connectivity index (χ4n) is 2.86. The molecule has 3 rings (SSSR count). The number of rotatable bonds is 4. The third-order valence-corrected chi connectivity index (χ3v) is 4.26. The molecule has 0 spiro atoms. The molecular weight excluding hydrogens is 317 g/mol. The first-order chi connectivity index (χ1) is 11.1. The lowest BCUT2D eigenvalue weighted by molar-refractivity contribution is -0.123. The van der Waals surface area contributed by atoms with E-state index in [1.54, 1.807) is 0 Å². The van der Waals surface area contributed by atoms with E-state index in [2.05, 4.69) is 17.4 Å². The number of halogens is 2. The number of carbonyl (C=O) groups is 1. The predicted molar refractivity (Wildman–Crippen MR) is 87.2 cm³/mol. The molecule has 0 aromatic heterocycles. The number of hydrogen-bond acceptors (Lipinski definition) is 2. The van der Waals surface area contributed by atoms with Crippen LogP contribution in [0.2, 0.25) is 5.02 Å². The molecule has 23 heavy (non-hydrogen) atoms. The lowest BCUT2D eigenvalue weighted by Gasteiger charge is -2.26. The van der Waals surface area contributed by atoms with Crippen molar-refractivity contribution in [2.45, 2.75) is 25.3 Å². The zero-order valence-corrected chi connectivity index (χ0v) is 13.3. The normalized spacial score (nSPS) is 16.5. The number of benzene rings is 2. The van der Waals surface area contributed by atoms with E-state index in [0.29, 0.717) is 5.75 Å². The van der Waals surface area contributed by atoms with Gasteiger partial charge in [-0.3, -0.25) is 4.79 Å². The quantitative estimate of drug-likeness (QED) is 0.916. The molecule has 0 saturated carbocycles. The third-order valence-electron chi connectivity index (χ3n) is 3.97. The van der Waals surface area contributed by atoms with Gasteiger partial charge in [0.25, 0.3) is 5.91 Å². The van der Waals surface area contributed by atoms with Crippen molar-refractivity contribution >= 4 is 17.5 Å². The molecule has 0 fully saturated rings. The van der Waals surface area contributed by atoms with Crippen LogP contribution in [-0.2, 0) is 11.2 Å². The van der Waals surface area contributed by atoms with Gasteiger partial charge in [-0.2, -0.15) is 0 Å².